The first-order chi connectivity index (χ1) is 26.4. The highest BCUT2D eigenvalue weighted by molar-refractivity contribution is 5.87. The van der Waals surface area contributed by atoms with E-state index < -0.39 is 30.6 Å². The first-order valence-corrected chi connectivity index (χ1v) is 20.0. The van der Waals surface area contributed by atoms with Crippen LogP contribution >= 0.6 is 0 Å². The minimum absolute atomic E-state index is 0.122. The van der Waals surface area contributed by atoms with Crippen molar-refractivity contribution in [1.29, 1.82) is 0 Å². The zero-order valence-electron chi connectivity index (χ0n) is 33.6. The van der Waals surface area contributed by atoms with Crippen molar-refractivity contribution in [3.63, 3.8) is 0 Å². The van der Waals surface area contributed by atoms with E-state index >= 15 is 4.39 Å². The van der Waals surface area contributed by atoms with Gasteiger partial charge < -0.3 is 24.4 Å². The van der Waals surface area contributed by atoms with Gasteiger partial charge in [0.2, 0.25) is 0 Å². The van der Waals surface area contributed by atoms with Gasteiger partial charge in [-0.1, -0.05) is 77.1 Å². The van der Waals surface area contributed by atoms with Crippen LogP contribution in [0.3, 0.4) is 0 Å². The summed E-state index contributed by atoms with van der Waals surface area (Å²) in [5, 5.41) is 20.6. The van der Waals surface area contributed by atoms with Crippen LogP contribution in [0.5, 0.6) is 5.75 Å². The molecule has 7 nitrogen and oxygen atoms in total. The van der Waals surface area contributed by atoms with Gasteiger partial charge in [-0.05, 0) is 134 Å². The summed E-state index contributed by atoms with van der Waals surface area (Å²) in [5.74, 6) is 0.517. The Kier molecular flexibility index (Phi) is 16.3. The highest BCUT2D eigenvalue weighted by Gasteiger charge is 2.33. The SMILES string of the molecule is C=C(C)C(=O)OCCCc1cc(-c2ccc(-c3ccc(C4CCC(CCC)CC4)cc3F)c(CC)c2)c(CC)cc1OCC(CO)(CO)COC(=O)C(=C)C. The number of ether oxygens (including phenoxy) is 3. The van der Waals surface area contributed by atoms with Crippen molar-refractivity contribution in [3.05, 3.63) is 101 Å². The minimum atomic E-state index is -1.25. The van der Waals surface area contributed by atoms with Crippen LogP contribution in [-0.2, 0) is 38.3 Å². The molecule has 55 heavy (non-hydrogen) atoms. The molecule has 3 aromatic rings. The van der Waals surface area contributed by atoms with E-state index in [0.717, 1.165) is 64.1 Å². The number of benzene rings is 3. The monoisotopic (exact) mass is 756 g/mol. The van der Waals surface area contributed by atoms with E-state index in [4.69, 9.17) is 14.2 Å². The molecule has 0 aliphatic heterocycles. The van der Waals surface area contributed by atoms with Crippen LogP contribution < -0.4 is 4.74 Å². The predicted octanol–water partition coefficient (Wildman–Crippen LogP) is 9.88. The van der Waals surface area contributed by atoms with Crippen LogP contribution in [0.4, 0.5) is 4.39 Å². The Bertz CT molecular complexity index is 1800. The van der Waals surface area contributed by atoms with Crippen LogP contribution in [0, 0.1) is 17.2 Å². The van der Waals surface area contributed by atoms with Crippen molar-refractivity contribution in [2.75, 3.05) is 33.0 Å². The number of halogens is 1. The van der Waals surface area contributed by atoms with Gasteiger partial charge in [-0.2, -0.15) is 0 Å². The Morgan fingerprint density at radius 3 is 2.02 bits per heavy atom. The molecule has 0 radical (unpaired) electrons. The lowest BCUT2D eigenvalue weighted by atomic mass is 9.77. The van der Waals surface area contributed by atoms with Crippen LogP contribution in [0.1, 0.15) is 108 Å². The molecule has 0 amide bonds. The minimum Gasteiger partial charge on any atom is -0.492 e. The van der Waals surface area contributed by atoms with Gasteiger partial charge in [0.25, 0.3) is 0 Å². The lowest BCUT2D eigenvalue weighted by Gasteiger charge is -2.30. The Labute approximate surface area is 327 Å². The summed E-state index contributed by atoms with van der Waals surface area (Å²) in [6.07, 6.45) is 9.61. The Morgan fingerprint density at radius 2 is 1.42 bits per heavy atom. The molecule has 0 aromatic heterocycles. The smallest absolute Gasteiger partial charge is 0.333 e. The lowest BCUT2D eigenvalue weighted by molar-refractivity contribution is -0.146. The molecule has 298 valence electrons. The number of rotatable bonds is 20. The van der Waals surface area contributed by atoms with E-state index in [9.17, 15) is 19.8 Å². The van der Waals surface area contributed by atoms with E-state index in [1.807, 2.05) is 24.3 Å². The summed E-state index contributed by atoms with van der Waals surface area (Å²) in [4.78, 5) is 24.2. The second-order valence-corrected chi connectivity index (χ2v) is 15.4. The molecule has 2 N–H and O–H groups in total. The van der Waals surface area contributed by atoms with Crippen molar-refractivity contribution in [2.24, 2.45) is 11.3 Å². The molecule has 1 aliphatic carbocycles. The predicted molar refractivity (Wildman–Crippen MR) is 218 cm³/mol. The van der Waals surface area contributed by atoms with Gasteiger partial charge >= 0.3 is 11.9 Å². The second-order valence-electron chi connectivity index (χ2n) is 15.4. The van der Waals surface area contributed by atoms with E-state index in [1.54, 1.807) is 13.0 Å². The number of aliphatic hydroxyl groups excluding tert-OH is 2. The molecular formula is C47H61FO7. The highest BCUT2D eigenvalue weighted by atomic mass is 19.1. The van der Waals surface area contributed by atoms with Gasteiger partial charge in [-0.25, -0.2) is 14.0 Å². The average molecular weight is 757 g/mol. The van der Waals surface area contributed by atoms with Crippen LogP contribution in [0.15, 0.2) is 72.8 Å². The third-order valence-corrected chi connectivity index (χ3v) is 11.0. The number of aliphatic hydroxyl groups is 2. The van der Waals surface area contributed by atoms with Gasteiger partial charge in [0.05, 0.1) is 25.2 Å². The molecule has 0 spiro atoms. The molecule has 4 rings (SSSR count). The summed E-state index contributed by atoms with van der Waals surface area (Å²) >= 11 is 0. The fourth-order valence-electron chi connectivity index (χ4n) is 7.47. The molecule has 8 heteroatoms. The summed E-state index contributed by atoms with van der Waals surface area (Å²) < 4.78 is 32.9. The third-order valence-electron chi connectivity index (χ3n) is 11.0. The number of hydrogen-bond acceptors (Lipinski definition) is 7. The lowest BCUT2D eigenvalue weighted by Crippen LogP contribution is -2.41. The van der Waals surface area contributed by atoms with E-state index in [0.29, 0.717) is 42.1 Å². The molecule has 1 fully saturated rings. The first-order valence-electron chi connectivity index (χ1n) is 20.0. The highest BCUT2D eigenvalue weighted by Crippen LogP contribution is 2.40. The molecule has 1 saturated carbocycles. The second kappa shape index (κ2) is 20.6. The Morgan fingerprint density at radius 1 is 0.782 bits per heavy atom. The van der Waals surface area contributed by atoms with Crippen molar-refractivity contribution >= 4 is 11.9 Å². The number of carbonyl (C=O) groups is 2. The topological polar surface area (TPSA) is 102 Å². The average Bonchev–Trinajstić information content (AvgIpc) is 3.19. The van der Waals surface area contributed by atoms with Gasteiger partial charge in [0.15, 0.2) is 0 Å². The Hall–Kier alpha value is -4.27. The van der Waals surface area contributed by atoms with Crippen LogP contribution in [0.25, 0.3) is 22.3 Å². The molecule has 0 atom stereocenters. The number of esters is 2. The molecular weight excluding hydrogens is 696 g/mol. The van der Waals surface area contributed by atoms with Gasteiger partial charge in [-0.15, -0.1) is 0 Å². The number of hydrogen-bond donors (Lipinski definition) is 2. The zero-order chi connectivity index (χ0) is 40.1. The zero-order valence-corrected chi connectivity index (χ0v) is 33.6. The van der Waals surface area contributed by atoms with Gasteiger partial charge in [-0.3, -0.25) is 0 Å². The molecule has 0 unspecified atom stereocenters. The van der Waals surface area contributed by atoms with Gasteiger partial charge in [0.1, 0.15) is 24.8 Å². The normalized spacial score (nSPS) is 15.7. The number of carbonyl (C=O) groups excluding carboxylic acids is 2. The van der Waals surface area contributed by atoms with Crippen molar-refractivity contribution < 1.29 is 38.4 Å². The van der Waals surface area contributed by atoms with Crippen molar-refractivity contribution in [2.45, 2.75) is 105 Å². The summed E-state index contributed by atoms with van der Waals surface area (Å²) in [7, 11) is 0. The van der Waals surface area contributed by atoms with Crippen LogP contribution in [0.2, 0.25) is 0 Å². The third kappa shape index (κ3) is 11.4. The van der Waals surface area contributed by atoms with Crippen molar-refractivity contribution in [3.8, 4) is 28.0 Å². The summed E-state index contributed by atoms with van der Waals surface area (Å²) in [6, 6.07) is 16.1. The first kappa shape index (κ1) is 43.5. The summed E-state index contributed by atoms with van der Waals surface area (Å²) in [5.41, 5.74) is 6.78. The molecule has 0 bridgehead atoms. The Balaban J connectivity index is 1.65. The quantitative estimate of drug-likeness (QED) is 0.0673. The maximum Gasteiger partial charge on any atom is 0.333 e. The van der Waals surface area contributed by atoms with E-state index in [-0.39, 0.29) is 31.2 Å². The maximum atomic E-state index is 15.9. The fourth-order valence-corrected chi connectivity index (χ4v) is 7.47. The van der Waals surface area contributed by atoms with Crippen LogP contribution in [-0.4, -0.2) is 55.2 Å². The molecule has 1 aliphatic rings. The fraction of sp³-hybridized carbons (Fsp3) is 0.489. The van der Waals surface area contributed by atoms with Crippen molar-refractivity contribution in [1.82, 2.24) is 0 Å². The maximum absolute atomic E-state index is 15.9. The molecule has 0 saturated heterocycles. The number of aryl methyl sites for hydroxylation is 3. The molecule has 0 heterocycles. The van der Waals surface area contributed by atoms with Gasteiger partial charge in [0, 0.05) is 16.7 Å². The molecule has 3 aromatic carbocycles. The summed E-state index contributed by atoms with van der Waals surface area (Å²) in [6.45, 7) is 15.6. The van der Waals surface area contributed by atoms with E-state index in [1.165, 1.54) is 32.6 Å². The largest absolute Gasteiger partial charge is 0.492 e. The standard InChI is InChI=1S/C47H61FO7/c1-8-12-33-14-16-36(17-15-33)37-18-21-41(43(48)25-37)40-20-19-38(23-34(40)9-2)42-24-39(13-11-22-53-45(51)31(4)5)44(26-35(42)10-3)54-29-47(27-49,28-50)30-55-46(52)32(6)7/h18-21,23-26,33,36,49-50H,4,6,8-17,22,27-30H2,1-3,5,7H3. The van der Waals surface area contributed by atoms with E-state index in [2.05, 4.69) is 52.1 Å².